The van der Waals surface area contributed by atoms with Gasteiger partial charge in [-0.1, -0.05) is 0 Å². The molecule has 0 amide bonds. The van der Waals surface area contributed by atoms with Crippen LogP contribution in [0.3, 0.4) is 0 Å². The van der Waals surface area contributed by atoms with Crippen molar-refractivity contribution in [1.82, 2.24) is 0 Å². The van der Waals surface area contributed by atoms with Gasteiger partial charge >= 0.3 is 5.95 Å². The Hall–Kier alpha value is -1.68. The summed E-state index contributed by atoms with van der Waals surface area (Å²) in [5.74, 6) is 0.0185. The Morgan fingerprint density at radius 1 is 1.08 bits per heavy atom. The molecule has 0 bridgehead atoms. The van der Waals surface area contributed by atoms with Crippen LogP contribution in [0, 0.1) is 22.7 Å². The van der Waals surface area contributed by atoms with Crippen LogP contribution in [0.25, 0.3) is 0 Å². The molecule has 0 saturated heterocycles. The molecule has 0 rings (SSSR count). The van der Waals surface area contributed by atoms with Crippen molar-refractivity contribution in [1.29, 1.82) is 10.5 Å². The standard InChI is InChI=1S/C8H10N2O2/c1-3-11-8(12-4-2)7(5-9)6-10/h3-4H2,1-2H3. The van der Waals surface area contributed by atoms with Crippen molar-refractivity contribution in [2.45, 2.75) is 13.8 Å². The molecule has 0 aromatic rings. The van der Waals surface area contributed by atoms with Gasteiger partial charge in [-0.05, 0) is 13.8 Å². The summed E-state index contributed by atoms with van der Waals surface area (Å²) in [6.07, 6.45) is 0. The molecule has 0 aromatic carbocycles. The van der Waals surface area contributed by atoms with Gasteiger partial charge in [-0.15, -0.1) is 0 Å². The van der Waals surface area contributed by atoms with Crippen molar-refractivity contribution in [3.05, 3.63) is 11.5 Å². The highest BCUT2D eigenvalue weighted by Crippen LogP contribution is 2.06. The largest absolute Gasteiger partial charge is 0.464 e. The molecule has 0 aliphatic heterocycles. The fourth-order valence-electron chi connectivity index (χ4n) is 0.564. The zero-order chi connectivity index (χ0) is 9.40. The van der Waals surface area contributed by atoms with Gasteiger partial charge < -0.3 is 9.47 Å². The Bertz CT molecular complexity index is 221. The quantitative estimate of drug-likeness (QED) is 0.466. The summed E-state index contributed by atoms with van der Waals surface area (Å²) in [5, 5.41) is 16.9. The van der Waals surface area contributed by atoms with Crippen LogP contribution in [0.5, 0.6) is 0 Å². The second-order valence-electron chi connectivity index (χ2n) is 1.75. The lowest BCUT2D eigenvalue weighted by molar-refractivity contribution is 0.0451. The van der Waals surface area contributed by atoms with Crippen LogP contribution in [0.4, 0.5) is 0 Å². The van der Waals surface area contributed by atoms with Crippen LogP contribution >= 0.6 is 0 Å². The molecule has 0 spiro atoms. The van der Waals surface area contributed by atoms with E-state index in [1.807, 2.05) is 0 Å². The number of nitriles is 2. The summed E-state index contributed by atoms with van der Waals surface area (Å²) in [7, 11) is 0. The van der Waals surface area contributed by atoms with Gasteiger partial charge in [-0.3, -0.25) is 0 Å². The van der Waals surface area contributed by atoms with Gasteiger partial charge in [0.05, 0.1) is 13.2 Å². The van der Waals surface area contributed by atoms with Crippen molar-refractivity contribution in [3.63, 3.8) is 0 Å². The van der Waals surface area contributed by atoms with E-state index < -0.39 is 0 Å². The maximum absolute atomic E-state index is 8.46. The van der Waals surface area contributed by atoms with Gasteiger partial charge in [-0.25, -0.2) is 0 Å². The van der Waals surface area contributed by atoms with Gasteiger partial charge in [0, 0.05) is 0 Å². The summed E-state index contributed by atoms with van der Waals surface area (Å²) < 4.78 is 9.88. The van der Waals surface area contributed by atoms with Crippen molar-refractivity contribution in [3.8, 4) is 12.1 Å². The van der Waals surface area contributed by atoms with Gasteiger partial charge in [0.25, 0.3) is 0 Å². The molecule has 0 heterocycles. The van der Waals surface area contributed by atoms with E-state index in [9.17, 15) is 0 Å². The third-order valence-corrected chi connectivity index (χ3v) is 0.979. The second-order valence-corrected chi connectivity index (χ2v) is 1.75. The number of allylic oxidation sites excluding steroid dienone is 1. The molecule has 0 saturated carbocycles. The first-order valence-corrected chi connectivity index (χ1v) is 3.60. The molecule has 0 unspecified atom stereocenters. The molecular formula is C8H10N2O2. The summed E-state index contributed by atoms with van der Waals surface area (Å²) in [5.41, 5.74) is -0.126. The van der Waals surface area contributed by atoms with E-state index in [1.165, 1.54) is 0 Å². The van der Waals surface area contributed by atoms with Gasteiger partial charge in [0.1, 0.15) is 12.1 Å². The highest BCUT2D eigenvalue weighted by Gasteiger charge is 2.07. The van der Waals surface area contributed by atoms with Crippen molar-refractivity contribution in [2.75, 3.05) is 13.2 Å². The summed E-state index contributed by atoms with van der Waals surface area (Å²) >= 11 is 0. The minimum atomic E-state index is -0.126. The SMILES string of the molecule is CCOC(OCC)=C(C#N)C#N. The minimum absolute atomic E-state index is 0.0185. The van der Waals surface area contributed by atoms with Crippen molar-refractivity contribution in [2.24, 2.45) is 0 Å². The van der Waals surface area contributed by atoms with E-state index in [4.69, 9.17) is 20.0 Å². The van der Waals surface area contributed by atoms with Gasteiger partial charge in [-0.2, -0.15) is 10.5 Å². The van der Waals surface area contributed by atoms with E-state index in [1.54, 1.807) is 26.0 Å². The average Bonchev–Trinajstić information content (AvgIpc) is 2.07. The first-order chi connectivity index (χ1) is 5.79. The van der Waals surface area contributed by atoms with Gasteiger partial charge in [0.2, 0.25) is 5.57 Å². The van der Waals surface area contributed by atoms with Crippen LogP contribution in [-0.2, 0) is 9.47 Å². The van der Waals surface area contributed by atoms with Crippen molar-refractivity contribution >= 4 is 0 Å². The molecule has 0 fully saturated rings. The highest BCUT2D eigenvalue weighted by atomic mass is 16.7. The normalized spacial score (nSPS) is 7.67. The number of ether oxygens (including phenoxy) is 2. The number of nitrogens with zero attached hydrogens (tertiary/aromatic N) is 2. The van der Waals surface area contributed by atoms with Gasteiger partial charge in [0.15, 0.2) is 0 Å². The Balaban J connectivity index is 4.57. The smallest absolute Gasteiger partial charge is 0.308 e. The third-order valence-electron chi connectivity index (χ3n) is 0.979. The minimum Gasteiger partial charge on any atom is -0.464 e. The van der Waals surface area contributed by atoms with E-state index in [0.29, 0.717) is 13.2 Å². The average molecular weight is 166 g/mol. The number of hydrogen-bond donors (Lipinski definition) is 0. The number of rotatable bonds is 4. The van der Waals surface area contributed by atoms with Crippen molar-refractivity contribution < 1.29 is 9.47 Å². The van der Waals surface area contributed by atoms with E-state index >= 15 is 0 Å². The Kier molecular flexibility index (Phi) is 5.21. The van der Waals surface area contributed by atoms with Crippen LogP contribution < -0.4 is 0 Å². The molecule has 0 atom stereocenters. The molecule has 64 valence electrons. The lowest BCUT2D eigenvalue weighted by atomic mass is 10.3. The summed E-state index contributed by atoms with van der Waals surface area (Å²) in [6.45, 7) is 4.27. The zero-order valence-corrected chi connectivity index (χ0v) is 7.13. The maximum Gasteiger partial charge on any atom is 0.308 e. The van der Waals surface area contributed by atoms with E-state index in [2.05, 4.69) is 0 Å². The maximum atomic E-state index is 8.46. The first kappa shape index (κ1) is 10.3. The summed E-state index contributed by atoms with van der Waals surface area (Å²) in [6, 6.07) is 3.38. The van der Waals surface area contributed by atoms with Crippen LogP contribution in [0.15, 0.2) is 11.5 Å². The Morgan fingerprint density at radius 3 is 1.75 bits per heavy atom. The Labute approximate surface area is 71.6 Å². The molecule has 4 heteroatoms. The Morgan fingerprint density at radius 2 is 1.50 bits per heavy atom. The molecule has 0 N–H and O–H groups in total. The van der Waals surface area contributed by atoms with Crippen LogP contribution in [0.1, 0.15) is 13.8 Å². The second kappa shape index (κ2) is 6.06. The topological polar surface area (TPSA) is 66.0 Å². The molecule has 0 aliphatic carbocycles. The molecule has 12 heavy (non-hydrogen) atoms. The monoisotopic (exact) mass is 166 g/mol. The fourth-order valence-corrected chi connectivity index (χ4v) is 0.564. The zero-order valence-electron chi connectivity index (χ0n) is 7.13. The first-order valence-electron chi connectivity index (χ1n) is 3.60. The predicted octanol–water partition coefficient (Wildman–Crippen LogP) is 1.32. The molecule has 0 aromatic heterocycles. The number of hydrogen-bond acceptors (Lipinski definition) is 4. The molecule has 0 aliphatic rings. The summed E-state index contributed by atoms with van der Waals surface area (Å²) in [4.78, 5) is 0. The molecule has 0 radical (unpaired) electrons. The van der Waals surface area contributed by atoms with Crippen LogP contribution in [-0.4, -0.2) is 13.2 Å². The molecular weight excluding hydrogens is 156 g/mol. The van der Waals surface area contributed by atoms with Crippen LogP contribution in [0.2, 0.25) is 0 Å². The lowest BCUT2D eigenvalue weighted by Crippen LogP contribution is -2.00. The lowest BCUT2D eigenvalue weighted by Gasteiger charge is -2.07. The molecule has 4 nitrogen and oxygen atoms in total. The van der Waals surface area contributed by atoms with E-state index in [0.717, 1.165) is 0 Å². The third kappa shape index (κ3) is 2.94. The predicted molar refractivity (Wildman–Crippen MR) is 41.5 cm³/mol. The van der Waals surface area contributed by atoms with E-state index in [-0.39, 0.29) is 11.5 Å². The highest BCUT2D eigenvalue weighted by molar-refractivity contribution is 5.35. The fraction of sp³-hybridized carbons (Fsp3) is 0.500.